The van der Waals surface area contributed by atoms with Crippen molar-refractivity contribution in [3.05, 3.63) is 23.8 Å². The Morgan fingerprint density at radius 3 is 2.50 bits per heavy atom. The average Bonchev–Trinajstić information content (AvgIpc) is 2.44. The third kappa shape index (κ3) is 2.41. The van der Waals surface area contributed by atoms with Gasteiger partial charge in [0, 0.05) is 0 Å². The van der Waals surface area contributed by atoms with Gasteiger partial charge in [-0.3, -0.25) is 4.90 Å². The second-order valence-electron chi connectivity index (χ2n) is 4.16. The number of hydrogen-bond acceptors (Lipinski definition) is 4. The van der Waals surface area contributed by atoms with Crippen LogP contribution >= 0.6 is 0 Å². The highest BCUT2D eigenvalue weighted by atomic mass is 16.6. The zero-order chi connectivity index (χ0) is 13.0. The summed E-state index contributed by atoms with van der Waals surface area (Å²) < 4.78 is 11.0. The van der Waals surface area contributed by atoms with Crippen molar-refractivity contribution in [1.82, 2.24) is 4.90 Å². The summed E-state index contributed by atoms with van der Waals surface area (Å²) in [6.07, 6.45) is 0. The fourth-order valence-corrected chi connectivity index (χ4v) is 2.19. The lowest BCUT2D eigenvalue weighted by molar-refractivity contribution is 0.171. The average molecular weight is 246 g/mol. The summed E-state index contributed by atoms with van der Waals surface area (Å²) in [7, 11) is 0. The van der Waals surface area contributed by atoms with Crippen LogP contribution in [-0.4, -0.2) is 31.2 Å². The molecule has 1 aromatic rings. The Balaban J connectivity index is 2.29. The lowest BCUT2D eigenvalue weighted by Gasteiger charge is -2.26. The molecular formula is C14H18N2O2. The summed E-state index contributed by atoms with van der Waals surface area (Å²) in [6.45, 7) is 6.98. The number of nitriles is 1. The van der Waals surface area contributed by atoms with Gasteiger partial charge in [-0.2, -0.15) is 5.26 Å². The number of benzene rings is 1. The number of hydrogen-bond donors (Lipinski definition) is 0. The van der Waals surface area contributed by atoms with E-state index in [9.17, 15) is 5.26 Å². The molecule has 0 amide bonds. The molecule has 96 valence electrons. The van der Waals surface area contributed by atoms with Gasteiger partial charge < -0.3 is 9.47 Å². The fraction of sp³-hybridized carbons (Fsp3) is 0.500. The van der Waals surface area contributed by atoms with Crippen molar-refractivity contribution in [3.63, 3.8) is 0 Å². The van der Waals surface area contributed by atoms with Crippen LogP contribution in [0.2, 0.25) is 0 Å². The Kier molecular flexibility index (Phi) is 4.06. The quantitative estimate of drug-likeness (QED) is 0.818. The molecule has 0 radical (unpaired) electrons. The van der Waals surface area contributed by atoms with Gasteiger partial charge >= 0.3 is 0 Å². The Bertz CT molecular complexity index is 450. The summed E-state index contributed by atoms with van der Waals surface area (Å²) in [4.78, 5) is 2.12. The van der Waals surface area contributed by atoms with Gasteiger partial charge in [0.15, 0.2) is 11.5 Å². The van der Waals surface area contributed by atoms with Crippen molar-refractivity contribution in [1.29, 1.82) is 5.26 Å². The van der Waals surface area contributed by atoms with Crippen molar-refractivity contribution < 1.29 is 9.47 Å². The first-order valence-corrected chi connectivity index (χ1v) is 6.33. The van der Waals surface area contributed by atoms with Crippen molar-refractivity contribution in [2.24, 2.45) is 0 Å². The predicted molar refractivity (Wildman–Crippen MR) is 68.7 cm³/mol. The fourth-order valence-electron chi connectivity index (χ4n) is 2.19. The van der Waals surface area contributed by atoms with Gasteiger partial charge in [0.05, 0.1) is 6.07 Å². The normalized spacial score (nSPS) is 15.2. The smallest absolute Gasteiger partial charge is 0.161 e. The van der Waals surface area contributed by atoms with Crippen LogP contribution in [0.15, 0.2) is 18.2 Å². The van der Waals surface area contributed by atoms with Crippen molar-refractivity contribution >= 4 is 0 Å². The molecule has 0 saturated heterocycles. The summed E-state index contributed by atoms with van der Waals surface area (Å²) in [5.41, 5.74) is 0.963. The number of nitrogens with zero attached hydrogens (tertiary/aromatic N) is 2. The van der Waals surface area contributed by atoms with Crippen LogP contribution in [0.1, 0.15) is 25.5 Å². The molecule has 0 fully saturated rings. The van der Waals surface area contributed by atoms with E-state index in [1.54, 1.807) is 0 Å². The van der Waals surface area contributed by atoms with E-state index >= 15 is 0 Å². The van der Waals surface area contributed by atoms with Crippen molar-refractivity contribution in [2.75, 3.05) is 26.3 Å². The third-order valence-electron chi connectivity index (χ3n) is 3.18. The van der Waals surface area contributed by atoms with E-state index in [1.807, 2.05) is 18.2 Å². The molecule has 1 unspecified atom stereocenters. The van der Waals surface area contributed by atoms with E-state index in [-0.39, 0.29) is 6.04 Å². The molecule has 1 aliphatic rings. The van der Waals surface area contributed by atoms with Gasteiger partial charge in [-0.25, -0.2) is 0 Å². The van der Waals surface area contributed by atoms with Crippen LogP contribution in [0.3, 0.4) is 0 Å². The van der Waals surface area contributed by atoms with Gasteiger partial charge in [0.25, 0.3) is 0 Å². The van der Waals surface area contributed by atoms with Gasteiger partial charge in [-0.05, 0) is 30.8 Å². The first-order chi connectivity index (χ1) is 8.80. The van der Waals surface area contributed by atoms with Gasteiger partial charge in [0.2, 0.25) is 0 Å². The highest BCUT2D eigenvalue weighted by molar-refractivity contribution is 5.45. The zero-order valence-corrected chi connectivity index (χ0v) is 10.8. The Morgan fingerprint density at radius 1 is 1.22 bits per heavy atom. The van der Waals surface area contributed by atoms with E-state index in [0.29, 0.717) is 13.2 Å². The highest BCUT2D eigenvalue weighted by Gasteiger charge is 2.20. The SMILES string of the molecule is CCN(CC)C(C#N)c1ccc2c(c1)OCCO2. The lowest BCUT2D eigenvalue weighted by atomic mass is 10.1. The van der Waals surface area contributed by atoms with E-state index in [4.69, 9.17) is 9.47 Å². The molecule has 4 heteroatoms. The maximum absolute atomic E-state index is 9.35. The van der Waals surface area contributed by atoms with Crippen molar-refractivity contribution in [3.8, 4) is 17.6 Å². The molecule has 0 N–H and O–H groups in total. The van der Waals surface area contributed by atoms with Crippen LogP contribution in [0.5, 0.6) is 11.5 Å². The van der Waals surface area contributed by atoms with Crippen LogP contribution in [0.4, 0.5) is 0 Å². The molecule has 4 nitrogen and oxygen atoms in total. The van der Waals surface area contributed by atoms with E-state index in [2.05, 4.69) is 24.8 Å². The third-order valence-corrected chi connectivity index (χ3v) is 3.18. The first kappa shape index (κ1) is 12.7. The summed E-state index contributed by atoms with van der Waals surface area (Å²) >= 11 is 0. The van der Waals surface area contributed by atoms with E-state index < -0.39 is 0 Å². The van der Waals surface area contributed by atoms with Gasteiger partial charge in [-0.15, -0.1) is 0 Å². The summed E-state index contributed by atoms with van der Waals surface area (Å²) in [5, 5.41) is 9.35. The molecular weight excluding hydrogens is 228 g/mol. The van der Waals surface area contributed by atoms with Crippen molar-refractivity contribution in [2.45, 2.75) is 19.9 Å². The van der Waals surface area contributed by atoms with E-state index in [0.717, 1.165) is 30.2 Å². The van der Waals surface area contributed by atoms with Crippen LogP contribution in [0.25, 0.3) is 0 Å². The number of ether oxygens (including phenoxy) is 2. The van der Waals surface area contributed by atoms with Crippen LogP contribution in [0, 0.1) is 11.3 Å². The molecule has 0 aromatic heterocycles. The maximum atomic E-state index is 9.35. The van der Waals surface area contributed by atoms with Gasteiger partial charge in [-0.1, -0.05) is 19.9 Å². The number of rotatable bonds is 4. The molecule has 1 heterocycles. The molecule has 1 aliphatic heterocycles. The standard InChI is InChI=1S/C14H18N2O2/c1-3-16(4-2)12(10-15)11-5-6-13-14(9-11)18-8-7-17-13/h5-6,9,12H,3-4,7-8H2,1-2H3. The molecule has 1 atom stereocenters. The monoisotopic (exact) mass is 246 g/mol. The molecule has 0 bridgehead atoms. The van der Waals surface area contributed by atoms with Crippen LogP contribution < -0.4 is 9.47 Å². The first-order valence-electron chi connectivity index (χ1n) is 6.33. The zero-order valence-electron chi connectivity index (χ0n) is 10.8. The van der Waals surface area contributed by atoms with Gasteiger partial charge in [0.1, 0.15) is 19.3 Å². The lowest BCUT2D eigenvalue weighted by Crippen LogP contribution is -2.27. The number of fused-ring (bicyclic) bond motifs is 1. The minimum atomic E-state index is -0.226. The Morgan fingerprint density at radius 2 is 1.89 bits per heavy atom. The topological polar surface area (TPSA) is 45.5 Å². The summed E-state index contributed by atoms with van der Waals surface area (Å²) in [5.74, 6) is 1.51. The Hall–Kier alpha value is -1.73. The molecule has 2 rings (SSSR count). The second kappa shape index (κ2) is 5.74. The Labute approximate surface area is 108 Å². The minimum absolute atomic E-state index is 0.226. The molecule has 18 heavy (non-hydrogen) atoms. The molecule has 0 spiro atoms. The second-order valence-corrected chi connectivity index (χ2v) is 4.16. The maximum Gasteiger partial charge on any atom is 0.161 e. The predicted octanol–water partition coefficient (Wildman–Crippen LogP) is 2.36. The summed E-state index contributed by atoms with van der Waals surface area (Å²) in [6, 6.07) is 7.88. The van der Waals surface area contributed by atoms with Crippen LogP contribution in [-0.2, 0) is 0 Å². The van der Waals surface area contributed by atoms with E-state index in [1.165, 1.54) is 0 Å². The highest BCUT2D eigenvalue weighted by Crippen LogP contribution is 2.33. The molecule has 0 saturated carbocycles. The largest absolute Gasteiger partial charge is 0.486 e. The molecule has 1 aromatic carbocycles. The minimum Gasteiger partial charge on any atom is -0.486 e. The molecule has 0 aliphatic carbocycles.